The Morgan fingerprint density at radius 1 is 0.667 bits per heavy atom. The fourth-order valence-corrected chi connectivity index (χ4v) is 11.4. The molecule has 128 valence electrons. The average molecular weight is 358 g/mol. The first-order valence-corrected chi connectivity index (χ1v) is 12.4. The standard InChI is InChI=1S/C20H28N2P2/c1-13-9-10-14(2)23(13)19-20(24-15(3)11-12-16(24)4)22-18-8-6-5-7-17(18)21-19/h5-8,13-16H,9-12H2,1-4H3/t13-,14-,15-,16?,24?/m1/s1. The van der Waals surface area contributed by atoms with Gasteiger partial charge in [0.2, 0.25) is 0 Å². The van der Waals surface area contributed by atoms with Crippen molar-refractivity contribution in [2.75, 3.05) is 0 Å². The molecule has 2 unspecified atom stereocenters. The highest BCUT2D eigenvalue weighted by Gasteiger charge is 2.39. The number of rotatable bonds is 2. The summed E-state index contributed by atoms with van der Waals surface area (Å²) in [6, 6.07) is 8.49. The SMILES string of the molecule is CC1CC[C@@H](C)P1c1nc2ccccc2nc1P1[C@H](C)CC[C@H]1C. The Balaban J connectivity index is 1.91. The van der Waals surface area contributed by atoms with Crippen LogP contribution in [0.1, 0.15) is 53.4 Å². The van der Waals surface area contributed by atoms with E-state index in [0.717, 1.165) is 33.7 Å². The largest absolute Gasteiger partial charge is 0.244 e. The van der Waals surface area contributed by atoms with Crippen molar-refractivity contribution in [3.63, 3.8) is 0 Å². The summed E-state index contributed by atoms with van der Waals surface area (Å²) >= 11 is 0. The molecule has 0 bridgehead atoms. The molecule has 2 fully saturated rings. The first-order chi connectivity index (χ1) is 11.6. The molecule has 0 radical (unpaired) electrons. The summed E-state index contributed by atoms with van der Waals surface area (Å²) in [5.74, 6) is 0. The Morgan fingerprint density at radius 3 is 1.33 bits per heavy atom. The lowest BCUT2D eigenvalue weighted by Gasteiger charge is -2.28. The molecule has 0 aliphatic carbocycles. The summed E-state index contributed by atoms with van der Waals surface area (Å²) in [6.45, 7) is 9.80. The van der Waals surface area contributed by atoms with Crippen molar-refractivity contribution in [1.82, 2.24) is 9.97 Å². The molecule has 0 N–H and O–H groups in total. The fraction of sp³-hybridized carbons (Fsp3) is 0.600. The zero-order valence-electron chi connectivity index (χ0n) is 15.2. The van der Waals surface area contributed by atoms with Gasteiger partial charge in [-0.25, -0.2) is 9.97 Å². The highest BCUT2D eigenvalue weighted by molar-refractivity contribution is 7.73. The third-order valence-corrected chi connectivity index (χ3v) is 12.5. The van der Waals surface area contributed by atoms with Crippen LogP contribution in [0.25, 0.3) is 11.0 Å². The van der Waals surface area contributed by atoms with E-state index in [0.29, 0.717) is 0 Å². The van der Waals surface area contributed by atoms with Crippen LogP contribution in [0.3, 0.4) is 0 Å². The van der Waals surface area contributed by atoms with Crippen LogP contribution in [0.5, 0.6) is 0 Å². The van der Waals surface area contributed by atoms with Crippen LogP contribution in [0, 0.1) is 0 Å². The maximum absolute atomic E-state index is 5.25. The van der Waals surface area contributed by atoms with Crippen molar-refractivity contribution < 1.29 is 0 Å². The Hall–Kier alpha value is -0.580. The normalized spacial score (nSPS) is 34.2. The molecular weight excluding hydrogens is 330 g/mol. The minimum atomic E-state index is -0.168. The van der Waals surface area contributed by atoms with E-state index in [1.165, 1.54) is 36.6 Å². The summed E-state index contributed by atoms with van der Waals surface area (Å²) in [7, 11) is -0.337. The van der Waals surface area contributed by atoms with E-state index in [1.54, 1.807) is 0 Å². The Bertz CT molecular complexity index is 665. The molecule has 2 aromatic rings. The third kappa shape index (κ3) is 2.81. The lowest BCUT2D eigenvalue weighted by atomic mass is 10.2. The molecule has 1 aromatic heterocycles. The van der Waals surface area contributed by atoms with Gasteiger partial charge in [0.25, 0.3) is 0 Å². The number of aromatic nitrogens is 2. The zero-order chi connectivity index (χ0) is 16.8. The minimum Gasteiger partial charge on any atom is -0.244 e. The molecule has 1 aromatic carbocycles. The highest BCUT2D eigenvalue weighted by atomic mass is 31.1. The molecule has 2 aliphatic heterocycles. The molecule has 2 nitrogen and oxygen atoms in total. The van der Waals surface area contributed by atoms with Gasteiger partial charge in [0, 0.05) is 0 Å². The monoisotopic (exact) mass is 358 g/mol. The van der Waals surface area contributed by atoms with E-state index < -0.39 is 0 Å². The third-order valence-electron chi connectivity index (χ3n) is 5.93. The lowest BCUT2D eigenvalue weighted by Crippen LogP contribution is -2.34. The molecule has 2 saturated heterocycles. The Labute approximate surface area is 148 Å². The summed E-state index contributed by atoms with van der Waals surface area (Å²) in [4.78, 5) is 10.5. The molecule has 24 heavy (non-hydrogen) atoms. The molecule has 0 saturated carbocycles. The average Bonchev–Trinajstić information content (AvgIpc) is 3.08. The van der Waals surface area contributed by atoms with Crippen molar-refractivity contribution in [1.29, 1.82) is 0 Å². The molecule has 4 rings (SSSR count). The number of fused-ring (bicyclic) bond motifs is 1. The van der Waals surface area contributed by atoms with E-state index in [2.05, 4.69) is 52.0 Å². The topological polar surface area (TPSA) is 25.8 Å². The van der Waals surface area contributed by atoms with Crippen molar-refractivity contribution in [3.05, 3.63) is 24.3 Å². The van der Waals surface area contributed by atoms with Gasteiger partial charge >= 0.3 is 0 Å². The van der Waals surface area contributed by atoms with Gasteiger partial charge in [-0.2, -0.15) is 0 Å². The summed E-state index contributed by atoms with van der Waals surface area (Å²) in [5.41, 5.74) is 8.24. The van der Waals surface area contributed by atoms with Crippen LogP contribution in [0.4, 0.5) is 0 Å². The van der Waals surface area contributed by atoms with Crippen LogP contribution in [0.15, 0.2) is 24.3 Å². The second-order valence-corrected chi connectivity index (χ2v) is 13.7. The lowest BCUT2D eigenvalue weighted by molar-refractivity contribution is 0.777. The van der Waals surface area contributed by atoms with Gasteiger partial charge < -0.3 is 0 Å². The van der Waals surface area contributed by atoms with E-state index in [4.69, 9.17) is 9.97 Å². The van der Waals surface area contributed by atoms with E-state index in [9.17, 15) is 0 Å². The van der Waals surface area contributed by atoms with E-state index in [1.807, 2.05) is 0 Å². The summed E-state index contributed by atoms with van der Waals surface area (Å²) in [6.07, 6.45) is 5.46. The van der Waals surface area contributed by atoms with E-state index >= 15 is 0 Å². The second-order valence-electron chi connectivity index (χ2n) is 7.72. The van der Waals surface area contributed by atoms with Crippen LogP contribution in [-0.2, 0) is 0 Å². The highest BCUT2D eigenvalue weighted by Crippen LogP contribution is 2.58. The van der Waals surface area contributed by atoms with Crippen molar-refractivity contribution >= 4 is 37.7 Å². The number of hydrogen-bond donors (Lipinski definition) is 0. The molecule has 5 atom stereocenters. The predicted octanol–water partition coefficient (Wildman–Crippen LogP) is 4.99. The smallest absolute Gasteiger partial charge is 0.0902 e. The Kier molecular flexibility index (Phi) is 4.65. The van der Waals surface area contributed by atoms with Crippen LogP contribution >= 0.6 is 15.8 Å². The van der Waals surface area contributed by atoms with Gasteiger partial charge in [0.15, 0.2) is 0 Å². The van der Waals surface area contributed by atoms with Gasteiger partial charge in [0.05, 0.1) is 21.9 Å². The fourth-order valence-electron chi connectivity index (χ4n) is 4.55. The minimum absolute atomic E-state index is 0.168. The van der Waals surface area contributed by atoms with Crippen molar-refractivity contribution in [2.24, 2.45) is 0 Å². The predicted molar refractivity (Wildman–Crippen MR) is 109 cm³/mol. The van der Waals surface area contributed by atoms with E-state index in [-0.39, 0.29) is 15.8 Å². The first-order valence-electron chi connectivity index (χ1n) is 9.39. The number of nitrogens with zero attached hydrogens (tertiary/aromatic N) is 2. The van der Waals surface area contributed by atoms with Gasteiger partial charge in [-0.3, -0.25) is 0 Å². The molecule has 0 spiro atoms. The van der Waals surface area contributed by atoms with Gasteiger partial charge in [-0.05, 0) is 76.3 Å². The quantitative estimate of drug-likeness (QED) is 0.707. The second kappa shape index (κ2) is 6.62. The van der Waals surface area contributed by atoms with Crippen molar-refractivity contribution in [3.8, 4) is 0 Å². The number of para-hydroxylation sites is 2. The van der Waals surface area contributed by atoms with Crippen LogP contribution in [-0.4, -0.2) is 32.6 Å². The van der Waals surface area contributed by atoms with Crippen molar-refractivity contribution in [2.45, 2.75) is 76.0 Å². The maximum Gasteiger partial charge on any atom is 0.0902 e. The summed E-state index contributed by atoms with van der Waals surface area (Å²) < 4.78 is 0. The maximum atomic E-state index is 5.25. The molecular formula is C20H28N2P2. The van der Waals surface area contributed by atoms with Gasteiger partial charge in [-0.15, -0.1) is 0 Å². The van der Waals surface area contributed by atoms with Gasteiger partial charge in [0.1, 0.15) is 0 Å². The molecule has 0 amide bonds. The molecule has 2 aliphatic rings. The number of hydrogen-bond acceptors (Lipinski definition) is 2. The zero-order valence-corrected chi connectivity index (χ0v) is 17.0. The van der Waals surface area contributed by atoms with Crippen LogP contribution in [0.2, 0.25) is 0 Å². The Morgan fingerprint density at radius 2 is 1.00 bits per heavy atom. The number of benzene rings is 1. The molecule has 4 heteroatoms. The molecule has 3 heterocycles. The van der Waals surface area contributed by atoms with Crippen LogP contribution < -0.4 is 10.9 Å². The first kappa shape index (κ1) is 16.9. The summed E-state index contributed by atoms with van der Waals surface area (Å²) in [5, 5.41) is 0. The van der Waals surface area contributed by atoms with Gasteiger partial charge in [-0.1, -0.05) is 39.8 Å².